The van der Waals surface area contributed by atoms with Crippen LogP contribution in [-0.2, 0) is 4.79 Å². The number of carbonyl (C=O) groups excluding carboxylic acids is 1. The van der Waals surface area contributed by atoms with Gasteiger partial charge in [-0.3, -0.25) is 4.79 Å². The Labute approximate surface area is 188 Å². The van der Waals surface area contributed by atoms with Gasteiger partial charge in [0.15, 0.2) is 0 Å². The van der Waals surface area contributed by atoms with Gasteiger partial charge in [-0.05, 0) is 44.5 Å². The van der Waals surface area contributed by atoms with Crippen LogP contribution in [0.2, 0.25) is 5.02 Å². The second kappa shape index (κ2) is 9.75. The standard InChI is InChI=1S/C23H30ClN3O4/c1-15(26-16(2)28)17-5-7-18(8-6-17)31-19-10-12-27(13-19)20-9-11-25-22(21(20)24)30-14-23(3,4)29/h5-9,11,15,19,29H,10,12-14H2,1-4H3,(H,26,28)/t15-,19+/m0/s1. The number of anilines is 1. The molecular formula is C23H30ClN3O4. The average Bonchev–Trinajstić information content (AvgIpc) is 3.14. The van der Waals surface area contributed by atoms with Crippen LogP contribution in [-0.4, -0.2) is 47.4 Å². The Bertz CT molecular complexity index is 899. The highest BCUT2D eigenvalue weighted by atomic mass is 35.5. The first-order valence-corrected chi connectivity index (χ1v) is 10.8. The lowest BCUT2D eigenvalue weighted by atomic mass is 10.1. The summed E-state index contributed by atoms with van der Waals surface area (Å²) in [7, 11) is 0. The lowest BCUT2D eigenvalue weighted by molar-refractivity contribution is -0.119. The number of aliphatic hydroxyl groups is 1. The van der Waals surface area contributed by atoms with E-state index in [2.05, 4.69) is 15.2 Å². The van der Waals surface area contributed by atoms with E-state index in [4.69, 9.17) is 21.1 Å². The first kappa shape index (κ1) is 23.2. The molecule has 2 aromatic rings. The van der Waals surface area contributed by atoms with Crippen molar-refractivity contribution in [3.8, 4) is 11.6 Å². The molecule has 0 bridgehead atoms. The highest BCUT2D eigenvalue weighted by Gasteiger charge is 2.27. The summed E-state index contributed by atoms with van der Waals surface area (Å²) >= 11 is 6.53. The van der Waals surface area contributed by atoms with Gasteiger partial charge < -0.3 is 24.8 Å². The molecule has 2 N–H and O–H groups in total. The Kier molecular flexibility index (Phi) is 7.28. The normalized spacial score (nSPS) is 17.4. The third kappa shape index (κ3) is 6.48. The molecule has 0 radical (unpaired) electrons. The second-order valence-corrected chi connectivity index (χ2v) is 8.89. The van der Waals surface area contributed by atoms with E-state index in [0.29, 0.717) is 17.4 Å². The third-order valence-corrected chi connectivity index (χ3v) is 5.34. The summed E-state index contributed by atoms with van der Waals surface area (Å²) in [5.74, 6) is 1.05. The molecule has 0 spiro atoms. The van der Waals surface area contributed by atoms with Crippen LogP contribution in [0.5, 0.6) is 11.6 Å². The monoisotopic (exact) mass is 447 g/mol. The van der Waals surface area contributed by atoms with E-state index < -0.39 is 5.60 Å². The first-order valence-electron chi connectivity index (χ1n) is 10.4. The summed E-state index contributed by atoms with van der Waals surface area (Å²) in [6.45, 7) is 8.39. The van der Waals surface area contributed by atoms with Gasteiger partial charge in [0.1, 0.15) is 23.5 Å². The predicted octanol–water partition coefficient (Wildman–Crippen LogP) is 3.74. The number of hydrogen-bond acceptors (Lipinski definition) is 6. The quantitative estimate of drug-likeness (QED) is 0.641. The van der Waals surface area contributed by atoms with E-state index in [1.54, 1.807) is 20.0 Å². The highest BCUT2D eigenvalue weighted by molar-refractivity contribution is 6.34. The van der Waals surface area contributed by atoms with Crippen molar-refractivity contribution in [1.82, 2.24) is 10.3 Å². The van der Waals surface area contributed by atoms with Gasteiger partial charge in [-0.1, -0.05) is 23.7 Å². The minimum Gasteiger partial charge on any atom is -0.489 e. The van der Waals surface area contributed by atoms with Gasteiger partial charge in [0.05, 0.1) is 23.9 Å². The lowest BCUT2D eigenvalue weighted by Crippen LogP contribution is -2.28. The molecule has 168 valence electrons. The molecule has 1 amide bonds. The van der Waals surface area contributed by atoms with Gasteiger partial charge in [-0.15, -0.1) is 0 Å². The number of ether oxygens (including phenoxy) is 2. The highest BCUT2D eigenvalue weighted by Crippen LogP contribution is 2.35. The molecule has 1 saturated heterocycles. The van der Waals surface area contributed by atoms with E-state index in [-0.39, 0.29) is 24.7 Å². The Hall–Kier alpha value is -2.51. The van der Waals surface area contributed by atoms with Gasteiger partial charge in [-0.25, -0.2) is 4.98 Å². The Morgan fingerprint density at radius 1 is 1.35 bits per heavy atom. The maximum absolute atomic E-state index is 11.2. The number of nitrogens with zero attached hydrogens (tertiary/aromatic N) is 2. The van der Waals surface area contributed by atoms with Crippen LogP contribution >= 0.6 is 11.6 Å². The van der Waals surface area contributed by atoms with Crippen molar-refractivity contribution < 1.29 is 19.4 Å². The molecule has 7 nitrogen and oxygen atoms in total. The van der Waals surface area contributed by atoms with Gasteiger partial charge >= 0.3 is 0 Å². The molecule has 0 saturated carbocycles. The number of nitrogens with one attached hydrogen (secondary N) is 1. The fourth-order valence-electron chi connectivity index (χ4n) is 3.46. The van der Waals surface area contributed by atoms with Crippen molar-refractivity contribution in [2.45, 2.75) is 51.9 Å². The zero-order chi connectivity index (χ0) is 22.6. The van der Waals surface area contributed by atoms with E-state index >= 15 is 0 Å². The second-order valence-electron chi connectivity index (χ2n) is 8.52. The topological polar surface area (TPSA) is 83.9 Å². The minimum absolute atomic E-state index is 0.0311. The van der Waals surface area contributed by atoms with Crippen LogP contribution in [0.3, 0.4) is 0 Å². The van der Waals surface area contributed by atoms with E-state index in [1.807, 2.05) is 37.3 Å². The molecular weight excluding hydrogens is 418 g/mol. The summed E-state index contributed by atoms with van der Waals surface area (Å²) in [5, 5.41) is 13.2. The number of aromatic nitrogens is 1. The van der Waals surface area contributed by atoms with Crippen LogP contribution in [0.1, 0.15) is 45.7 Å². The number of hydrogen-bond donors (Lipinski definition) is 2. The van der Waals surface area contributed by atoms with E-state index in [1.165, 1.54) is 6.92 Å². The van der Waals surface area contributed by atoms with Gasteiger partial charge in [0.25, 0.3) is 0 Å². The maximum atomic E-state index is 11.2. The molecule has 1 aromatic carbocycles. The van der Waals surface area contributed by atoms with Crippen molar-refractivity contribution in [1.29, 1.82) is 0 Å². The van der Waals surface area contributed by atoms with Crippen LogP contribution in [0.25, 0.3) is 0 Å². The molecule has 1 fully saturated rings. The number of rotatable bonds is 8. The van der Waals surface area contributed by atoms with Crippen LogP contribution < -0.4 is 19.7 Å². The number of amides is 1. The number of benzene rings is 1. The summed E-state index contributed by atoms with van der Waals surface area (Å²) in [4.78, 5) is 17.6. The summed E-state index contributed by atoms with van der Waals surface area (Å²) in [6.07, 6.45) is 2.55. The molecule has 1 aliphatic rings. The molecule has 2 heterocycles. The largest absolute Gasteiger partial charge is 0.489 e. The molecule has 0 aliphatic carbocycles. The summed E-state index contributed by atoms with van der Waals surface area (Å²) < 4.78 is 11.8. The fraction of sp³-hybridized carbons (Fsp3) is 0.478. The smallest absolute Gasteiger partial charge is 0.234 e. The molecule has 3 rings (SSSR count). The maximum Gasteiger partial charge on any atom is 0.234 e. The van der Waals surface area contributed by atoms with Crippen molar-refractivity contribution in [2.24, 2.45) is 0 Å². The zero-order valence-corrected chi connectivity index (χ0v) is 19.1. The van der Waals surface area contributed by atoms with E-state index in [0.717, 1.165) is 30.0 Å². The zero-order valence-electron chi connectivity index (χ0n) is 18.4. The van der Waals surface area contributed by atoms with Gasteiger partial charge in [-0.2, -0.15) is 0 Å². The molecule has 0 unspecified atom stereocenters. The number of pyridine rings is 1. The number of halogens is 1. The first-order chi connectivity index (χ1) is 14.6. The van der Waals surface area contributed by atoms with Crippen LogP contribution in [0.15, 0.2) is 36.5 Å². The molecule has 8 heteroatoms. The molecule has 1 aliphatic heterocycles. The molecule has 2 atom stereocenters. The Morgan fingerprint density at radius 3 is 2.71 bits per heavy atom. The third-order valence-electron chi connectivity index (χ3n) is 4.99. The predicted molar refractivity (Wildman–Crippen MR) is 121 cm³/mol. The molecule has 1 aromatic heterocycles. The van der Waals surface area contributed by atoms with Crippen molar-refractivity contribution in [3.05, 3.63) is 47.1 Å². The van der Waals surface area contributed by atoms with Crippen LogP contribution in [0, 0.1) is 0 Å². The molecule has 31 heavy (non-hydrogen) atoms. The van der Waals surface area contributed by atoms with Crippen LogP contribution in [0.4, 0.5) is 5.69 Å². The Morgan fingerprint density at radius 2 is 2.06 bits per heavy atom. The van der Waals surface area contributed by atoms with Crippen molar-refractivity contribution >= 4 is 23.2 Å². The van der Waals surface area contributed by atoms with Crippen molar-refractivity contribution in [3.63, 3.8) is 0 Å². The summed E-state index contributed by atoms with van der Waals surface area (Å²) in [5.41, 5.74) is 0.897. The minimum atomic E-state index is -0.969. The fourth-order valence-corrected chi connectivity index (χ4v) is 3.75. The van der Waals surface area contributed by atoms with Gasteiger partial charge in [0.2, 0.25) is 11.8 Å². The average molecular weight is 448 g/mol. The number of carbonyl (C=O) groups is 1. The lowest BCUT2D eigenvalue weighted by Gasteiger charge is -2.22. The SMILES string of the molecule is CC(=O)N[C@@H](C)c1ccc(O[C@@H]2CCN(c3ccnc(OCC(C)(C)O)c3Cl)C2)cc1. The Balaban J connectivity index is 1.60. The van der Waals surface area contributed by atoms with Crippen molar-refractivity contribution in [2.75, 3.05) is 24.6 Å². The summed E-state index contributed by atoms with van der Waals surface area (Å²) in [6, 6.07) is 9.61. The van der Waals surface area contributed by atoms with Gasteiger partial charge in [0, 0.05) is 26.1 Å². The van der Waals surface area contributed by atoms with E-state index in [9.17, 15) is 9.90 Å².